The highest BCUT2D eigenvalue weighted by Gasteiger charge is 1.99. The van der Waals surface area contributed by atoms with Crippen molar-refractivity contribution in [2.24, 2.45) is 0 Å². The lowest BCUT2D eigenvalue weighted by atomic mass is 10.1. The molecule has 3 aromatic carbocycles. The quantitative estimate of drug-likeness (QED) is 0.558. The maximum atomic E-state index is 9.06. The highest BCUT2D eigenvalue weighted by molar-refractivity contribution is 5.23. The Balaban J connectivity index is 1.38. The molecule has 4 heteroatoms. The lowest BCUT2D eigenvalue weighted by Crippen LogP contribution is -1.97. The molecule has 0 bridgehead atoms. The maximum absolute atomic E-state index is 9.06. The van der Waals surface area contributed by atoms with Crippen molar-refractivity contribution in [1.29, 1.82) is 0 Å². The largest absolute Gasteiger partial charge is 0.392 e. The first-order chi connectivity index (χ1) is 13.8. The second kappa shape index (κ2) is 10.7. The Morgan fingerprint density at radius 3 is 0.821 bits per heavy atom. The van der Waals surface area contributed by atoms with Gasteiger partial charge in [-0.25, -0.2) is 0 Å². The van der Waals surface area contributed by atoms with Crippen LogP contribution in [0.3, 0.4) is 0 Å². The summed E-state index contributed by atoms with van der Waals surface area (Å²) >= 11 is 0. The molecule has 0 unspecified atom stereocenters. The smallest absolute Gasteiger partial charge is 0.0721 e. The lowest BCUT2D eigenvalue weighted by Gasteiger charge is -2.08. The molecule has 0 aliphatic rings. The molecular formula is C24H26O4. The van der Waals surface area contributed by atoms with Gasteiger partial charge in [0.05, 0.1) is 39.6 Å². The van der Waals surface area contributed by atoms with Crippen molar-refractivity contribution in [1.82, 2.24) is 0 Å². The first-order valence-corrected chi connectivity index (χ1v) is 9.37. The Bertz CT molecular complexity index is 751. The van der Waals surface area contributed by atoms with E-state index in [9.17, 15) is 0 Å². The van der Waals surface area contributed by atoms with Crippen molar-refractivity contribution in [3.63, 3.8) is 0 Å². The van der Waals surface area contributed by atoms with E-state index in [1.165, 1.54) is 0 Å². The van der Waals surface area contributed by atoms with E-state index in [4.69, 9.17) is 19.7 Å². The van der Waals surface area contributed by atoms with Crippen molar-refractivity contribution in [2.75, 3.05) is 0 Å². The zero-order valence-electron chi connectivity index (χ0n) is 15.9. The van der Waals surface area contributed by atoms with Crippen molar-refractivity contribution >= 4 is 0 Å². The molecule has 28 heavy (non-hydrogen) atoms. The standard InChI is InChI=1S/C24H26O4/c25-13-19-1-5-21(6-2-19)15-27-17-23-9-11-24(12-10-23)18-28-16-22-7-3-20(14-26)4-8-22/h1-12,25-26H,13-18H2. The highest BCUT2D eigenvalue weighted by Crippen LogP contribution is 2.12. The van der Waals surface area contributed by atoms with E-state index in [-0.39, 0.29) is 13.2 Å². The zero-order chi connectivity index (χ0) is 19.6. The summed E-state index contributed by atoms with van der Waals surface area (Å²) < 4.78 is 11.5. The average Bonchev–Trinajstić information content (AvgIpc) is 2.76. The predicted octanol–water partition coefficient (Wildman–Crippen LogP) is 4.10. The fourth-order valence-corrected chi connectivity index (χ4v) is 2.79. The Labute approximate surface area is 166 Å². The summed E-state index contributed by atoms with van der Waals surface area (Å²) in [5, 5.41) is 18.1. The minimum absolute atomic E-state index is 0.0627. The van der Waals surface area contributed by atoms with Crippen LogP contribution < -0.4 is 0 Å². The number of rotatable bonds is 10. The van der Waals surface area contributed by atoms with Crippen molar-refractivity contribution < 1.29 is 19.7 Å². The summed E-state index contributed by atoms with van der Waals surface area (Å²) in [6.07, 6.45) is 0. The third kappa shape index (κ3) is 6.29. The van der Waals surface area contributed by atoms with Crippen LogP contribution in [0.1, 0.15) is 33.4 Å². The van der Waals surface area contributed by atoms with Crippen LogP contribution in [0.2, 0.25) is 0 Å². The van der Waals surface area contributed by atoms with Gasteiger partial charge in [0.25, 0.3) is 0 Å². The first-order valence-electron chi connectivity index (χ1n) is 9.37. The van der Waals surface area contributed by atoms with Gasteiger partial charge in [0, 0.05) is 0 Å². The van der Waals surface area contributed by atoms with Crippen molar-refractivity contribution in [3.8, 4) is 0 Å². The van der Waals surface area contributed by atoms with Crippen LogP contribution in [0.15, 0.2) is 72.8 Å². The molecule has 0 aromatic heterocycles. The van der Waals surface area contributed by atoms with E-state index < -0.39 is 0 Å². The average molecular weight is 378 g/mol. The van der Waals surface area contributed by atoms with Gasteiger partial charge in [0.1, 0.15) is 0 Å². The van der Waals surface area contributed by atoms with E-state index >= 15 is 0 Å². The Morgan fingerprint density at radius 1 is 0.393 bits per heavy atom. The molecule has 0 saturated heterocycles. The van der Waals surface area contributed by atoms with Gasteiger partial charge in [0.15, 0.2) is 0 Å². The topological polar surface area (TPSA) is 58.9 Å². The number of aliphatic hydroxyl groups excluding tert-OH is 2. The fourth-order valence-electron chi connectivity index (χ4n) is 2.79. The number of hydrogen-bond donors (Lipinski definition) is 2. The Morgan fingerprint density at radius 2 is 0.607 bits per heavy atom. The number of aliphatic hydroxyl groups is 2. The van der Waals surface area contributed by atoms with Gasteiger partial charge in [-0.3, -0.25) is 0 Å². The fraction of sp³-hybridized carbons (Fsp3) is 0.250. The maximum Gasteiger partial charge on any atom is 0.0721 e. The molecule has 0 aliphatic carbocycles. The second-order valence-electron chi connectivity index (χ2n) is 6.75. The molecule has 0 spiro atoms. The molecule has 3 aromatic rings. The molecule has 0 radical (unpaired) electrons. The van der Waals surface area contributed by atoms with Gasteiger partial charge in [-0.2, -0.15) is 0 Å². The summed E-state index contributed by atoms with van der Waals surface area (Å²) in [4.78, 5) is 0. The summed E-state index contributed by atoms with van der Waals surface area (Å²) in [6.45, 7) is 2.33. The Hall–Kier alpha value is -2.50. The van der Waals surface area contributed by atoms with Crippen LogP contribution in [0.4, 0.5) is 0 Å². The SMILES string of the molecule is OCc1ccc(COCc2ccc(COCc3ccc(CO)cc3)cc2)cc1. The second-order valence-corrected chi connectivity index (χ2v) is 6.75. The molecule has 0 atom stereocenters. The number of benzene rings is 3. The van der Waals surface area contributed by atoms with Gasteiger partial charge in [-0.15, -0.1) is 0 Å². The van der Waals surface area contributed by atoms with Gasteiger partial charge < -0.3 is 19.7 Å². The van der Waals surface area contributed by atoms with E-state index in [0.29, 0.717) is 26.4 Å². The van der Waals surface area contributed by atoms with Crippen LogP contribution in [0, 0.1) is 0 Å². The van der Waals surface area contributed by atoms with Gasteiger partial charge in [0.2, 0.25) is 0 Å². The molecular weight excluding hydrogens is 352 g/mol. The molecule has 3 rings (SSSR count). The third-order valence-electron chi connectivity index (χ3n) is 4.51. The highest BCUT2D eigenvalue weighted by atomic mass is 16.5. The number of ether oxygens (including phenoxy) is 2. The first kappa shape index (κ1) is 20.2. The van der Waals surface area contributed by atoms with E-state index in [0.717, 1.165) is 33.4 Å². The van der Waals surface area contributed by atoms with Gasteiger partial charge in [-0.1, -0.05) is 72.8 Å². The van der Waals surface area contributed by atoms with Gasteiger partial charge in [-0.05, 0) is 33.4 Å². The van der Waals surface area contributed by atoms with Crippen LogP contribution in [0.25, 0.3) is 0 Å². The zero-order valence-corrected chi connectivity index (χ0v) is 15.9. The normalized spacial score (nSPS) is 10.9. The third-order valence-corrected chi connectivity index (χ3v) is 4.51. The van der Waals surface area contributed by atoms with Crippen molar-refractivity contribution in [2.45, 2.75) is 39.6 Å². The van der Waals surface area contributed by atoms with E-state index in [1.807, 2.05) is 48.5 Å². The monoisotopic (exact) mass is 378 g/mol. The summed E-state index contributed by atoms with van der Waals surface area (Å²) in [5.41, 5.74) is 6.24. The molecule has 0 saturated carbocycles. The molecule has 4 nitrogen and oxygen atoms in total. The van der Waals surface area contributed by atoms with E-state index in [2.05, 4.69) is 24.3 Å². The van der Waals surface area contributed by atoms with Crippen LogP contribution in [-0.2, 0) is 49.1 Å². The van der Waals surface area contributed by atoms with Gasteiger partial charge >= 0.3 is 0 Å². The Kier molecular flexibility index (Phi) is 7.76. The molecule has 0 fully saturated rings. The van der Waals surface area contributed by atoms with Crippen LogP contribution in [0.5, 0.6) is 0 Å². The van der Waals surface area contributed by atoms with E-state index in [1.54, 1.807) is 0 Å². The predicted molar refractivity (Wildman–Crippen MR) is 108 cm³/mol. The van der Waals surface area contributed by atoms with Crippen molar-refractivity contribution in [3.05, 3.63) is 106 Å². The molecule has 0 heterocycles. The molecule has 146 valence electrons. The minimum atomic E-state index is 0.0627. The molecule has 0 amide bonds. The molecule has 2 N–H and O–H groups in total. The molecule has 0 aliphatic heterocycles. The lowest BCUT2D eigenvalue weighted by molar-refractivity contribution is 0.105. The van der Waals surface area contributed by atoms with Crippen LogP contribution >= 0.6 is 0 Å². The summed E-state index contributed by atoms with van der Waals surface area (Å²) in [6, 6.07) is 23.8. The summed E-state index contributed by atoms with van der Waals surface area (Å²) in [5.74, 6) is 0. The number of hydrogen-bond acceptors (Lipinski definition) is 4. The van der Waals surface area contributed by atoms with Crippen LogP contribution in [-0.4, -0.2) is 10.2 Å². The minimum Gasteiger partial charge on any atom is -0.392 e. The summed E-state index contributed by atoms with van der Waals surface area (Å²) in [7, 11) is 0.